The molecule has 108 valence electrons. The smallest absolute Gasteiger partial charge is 0.272 e. The second kappa shape index (κ2) is 4.19. The number of aromatic nitrogens is 2. The number of benzene rings is 1. The lowest BCUT2D eigenvalue weighted by atomic mass is 10.1. The Morgan fingerprint density at radius 3 is 2.71 bits per heavy atom. The van der Waals surface area contributed by atoms with Gasteiger partial charge in [0.2, 0.25) is 10.0 Å². The molecule has 0 aliphatic heterocycles. The number of sulfonamides is 1. The number of nitrogens with one attached hydrogen (secondary N) is 3. The van der Waals surface area contributed by atoms with Crippen molar-refractivity contribution in [1.82, 2.24) is 14.7 Å². The average Bonchev–Trinajstić information content (AvgIpc) is 3.09. The van der Waals surface area contributed by atoms with Gasteiger partial charge in [0.25, 0.3) is 5.56 Å². The summed E-state index contributed by atoms with van der Waals surface area (Å²) in [6.07, 6.45) is 3.45. The molecule has 1 aromatic carbocycles. The fourth-order valence-corrected chi connectivity index (χ4v) is 3.81. The number of aromatic amines is 2. The van der Waals surface area contributed by atoms with Crippen LogP contribution in [0.3, 0.4) is 0 Å². The van der Waals surface area contributed by atoms with Crippen molar-refractivity contribution in [3.63, 3.8) is 0 Å². The first-order valence-electron chi connectivity index (χ1n) is 6.70. The van der Waals surface area contributed by atoms with E-state index < -0.39 is 10.0 Å². The van der Waals surface area contributed by atoms with Crippen molar-refractivity contribution in [2.75, 3.05) is 0 Å². The highest BCUT2D eigenvalue weighted by molar-refractivity contribution is 7.89. The highest BCUT2D eigenvalue weighted by Crippen LogP contribution is 2.26. The van der Waals surface area contributed by atoms with E-state index in [1.54, 1.807) is 24.4 Å². The molecule has 21 heavy (non-hydrogen) atoms. The Balaban J connectivity index is 1.96. The number of hydrogen-bond acceptors (Lipinski definition) is 3. The third-order valence-corrected chi connectivity index (χ3v) is 5.23. The summed E-state index contributed by atoms with van der Waals surface area (Å²) in [5.74, 6) is 0. The first kappa shape index (κ1) is 12.6. The van der Waals surface area contributed by atoms with Crippen molar-refractivity contribution >= 4 is 31.8 Å². The second-order valence-corrected chi connectivity index (χ2v) is 7.04. The van der Waals surface area contributed by atoms with Gasteiger partial charge in [-0.3, -0.25) is 4.79 Å². The summed E-state index contributed by atoms with van der Waals surface area (Å²) in [5, 5.41) is 1.43. The van der Waals surface area contributed by atoms with Gasteiger partial charge in [-0.15, -0.1) is 0 Å². The average molecular weight is 303 g/mol. The van der Waals surface area contributed by atoms with Crippen molar-refractivity contribution in [3.05, 3.63) is 40.8 Å². The molecule has 4 rings (SSSR count). The van der Waals surface area contributed by atoms with E-state index in [0.29, 0.717) is 16.4 Å². The fourth-order valence-electron chi connectivity index (χ4n) is 2.48. The summed E-state index contributed by atoms with van der Waals surface area (Å²) < 4.78 is 27.2. The highest BCUT2D eigenvalue weighted by Gasteiger charge is 2.28. The van der Waals surface area contributed by atoms with Gasteiger partial charge in [0.1, 0.15) is 5.52 Å². The van der Waals surface area contributed by atoms with Gasteiger partial charge in [0.15, 0.2) is 0 Å². The largest absolute Gasteiger partial charge is 0.357 e. The minimum absolute atomic E-state index is 0.0635. The molecule has 6 nitrogen and oxygen atoms in total. The maximum atomic E-state index is 12.3. The van der Waals surface area contributed by atoms with Crippen LogP contribution in [0.4, 0.5) is 0 Å². The molecule has 3 N–H and O–H groups in total. The van der Waals surface area contributed by atoms with Crippen molar-refractivity contribution in [2.24, 2.45) is 0 Å². The van der Waals surface area contributed by atoms with E-state index >= 15 is 0 Å². The van der Waals surface area contributed by atoms with Gasteiger partial charge in [0, 0.05) is 28.5 Å². The summed E-state index contributed by atoms with van der Waals surface area (Å²) in [6, 6.07) is 6.59. The maximum absolute atomic E-state index is 12.3. The Bertz CT molecular complexity index is 1010. The summed E-state index contributed by atoms with van der Waals surface area (Å²) in [4.78, 5) is 17.7. The Labute approximate surface area is 120 Å². The van der Waals surface area contributed by atoms with E-state index in [4.69, 9.17) is 0 Å². The van der Waals surface area contributed by atoms with Gasteiger partial charge >= 0.3 is 0 Å². The Morgan fingerprint density at radius 1 is 1.14 bits per heavy atom. The zero-order chi connectivity index (χ0) is 14.6. The number of rotatable bonds is 3. The topological polar surface area (TPSA) is 94.8 Å². The van der Waals surface area contributed by atoms with Crippen LogP contribution in [0.2, 0.25) is 0 Å². The van der Waals surface area contributed by atoms with Crippen LogP contribution in [-0.2, 0) is 10.0 Å². The van der Waals surface area contributed by atoms with Gasteiger partial charge in [-0.2, -0.15) is 0 Å². The molecule has 3 aromatic rings. The van der Waals surface area contributed by atoms with E-state index in [1.165, 1.54) is 6.07 Å². The minimum Gasteiger partial charge on any atom is -0.357 e. The van der Waals surface area contributed by atoms with Crippen molar-refractivity contribution in [1.29, 1.82) is 0 Å². The monoisotopic (exact) mass is 303 g/mol. The predicted molar refractivity (Wildman–Crippen MR) is 79.8 cm³/mol. The quantitative estimate of drug-likeness (QED) is 0.683. The van der Waals surface area contributed by atoms with Gasteiger partial charge in [-0.25, -0.2) is 13.1 Å². The van der Waals surface area contributed by atoms with Gasteiger partial charge in [-0.05, 0) is 37.1 Å². The van der Waals surface area contributed by atoms with Crippen molar-refractivity contribution in [2.45, 2.75) is 23.8 Å². The van der Waals surface area contributed by atoms with Crippen molar-refractivity contribution < 1.29 is 8.42 Å². The second-order valence-electron chi connectivity index (χ2n) is 5.32. The normalized spacial score (nSPS) is 15.8. The summed E-state index contributed by atoms with van der Waals surface area (Å²) in [5.41, 5.74) is 0.860. The Kier molecular flexibility index (Phi) is 2.51. The molecule has 0 atom stereocenters. The minimum atomic E-state index is -3.50. The van der Waals surface area contributed by atoms with Crippen LogP contribution in [0.25, 0.3) is 21.8 Å². The van der Waals surface area contributed by atoms with E-state index in [-0.39, 0.29) is 16.5 Å². The maximum Gasteiger partial charge on any atom is 0.272 e. The zero-order valence-corrected chi connectivity index (χ0v) is 11.8. The lowest BCUT2D eigenvalue weighted by Gasteiger charge is -2.07. The highest BCUT2D eigenvalue weighted by atomic mass is 32.2. The zero-order valence-electron chi connectivity index (χ0n) is 11.0. The number of pyridine rings is 1. The Hall–Kier alpha value is -2.12. The molecule has 0 unspecified atom stereocenters. The summed E-state index contributed by atoms with van der Waals surface area (Å²) in [6.45, 7) is 0. The number of hydrogen-bond donors (Lipinski definition) is 3. The molecule has 0 saturated heterocycles. The first-order valence-corrected chi connectivity index (χ1v) is 8.18. The third-order valence-electron chi connectivity index (χ3n) is 3.71. The SMILES string of the molecule is O=c1[nH]c2ccc(S(=O)(=O)NC3CC3)cc2c2cc[nH]c12. The Morgan fingerprint density at radius 2 is 1.95 bits per heavy atom. The third kappa shape index (κ3) is 2.05. The fraction of sp³-hybridized carbons (Fsp3) is 0.214. The van der Waals surface area contributed by atoms with Gasteiger partial charge < -0.3 is 9.97 Å². The molecule has 2 aromatic heterocycles. The summed E-state index contributed by atoms with van der Waals surface area (Å²) >= 11 is 0. The number of fused-ring (bicyclic) bond motifs is 3. The lowest BCUT2D eigenvalue weighted by Crippen LogP contribution is -2.25. The molecule has 0 spiro atoms. The molecule has 2 heterocycles. The molecule has 0 radical (unpaired) electrons. The van der Waals surface area contributed by atoms with E-state index in [0.717, 1.165) is 18.2 Å². The molecular weight excluding hydrogens is 290 g/mol. The lowest BCUT2D eigenvalue weighted by molar-refractivity contribution is 0.581. The first-order chi connectivity index (χ1) is 10.0. The standard InChI is InChI=1S/C14H13N3O3S/c18-14-13-10(5-6-15-13)11-7-9(3-4-12(11)16-14)21(19,20)17-8-1-2-8/h3-8,15,17H,1-2H2,(H,16,18). The molecule has 7 heteroatoms. The van der Waals surface area contributed by atoms with Crippen LogP contribution < -0.4 is 10.3 Å². The molecule has 0 amide bonds. The van der Waals surface area contributed by atoms with Gasteiger partial charge in [-0.1, -0.05) is 0 Å². The van der Waals surface area contributed by atoms with Crippen LogP contribution in [0.5, 0.6) is 0 Å². The van der Waals surface area contributed by atoms with Crippen LogP contribution in [-0.4, -0.2) is 24.4 Å². The molecular formula is C14H13N3O3S. The molecule has 1 fully saturated rings. The van der Waals surface area contributed by atoms with Gasteiger partial charge in [0.05, 0.1) is 4.90 Å². The van der Waals surface area contributed by atoms with E-state index in [9.17, 15) is 13.2 Å². The molecule has 1 saturated carbocycles. The van der Waals surface area contributed by atoms with Crippen LogP contribution in [0.1, 0.15) is 12.8 Å². The van der Waals surface area contributed by atoms with Crippen LogP contribution in [0, 0.1) is 0 Å². The number of H-pyrrole nitrogens is 2. The van der Waals surface area contributed by atoms with Crippen LogP contribution in [0.15, 0.2) is 40.2 Å². The summed E-state index contributed by atoms with van der Waals surface area (Å²) in [7, 11) is -3.50. The predicted octanol–water partition coefficient (Wildman–Crippen LogP) is 1.45. The molecule has 0 bridgehead atoms. The van der Waals surface area contributed by atoms with Crippen molar-refractivity contribution in [3.8, 4) is 0 Å². The van der Waals surface area contributed by atoms with E-state index in [2.05, 4.69) is 14.7 Å². The molecule has 1 aliphatic carbocycles. The van der Waals surface area contributed by atoms with Crippen LogP contribution >= 0.6 is 0 Å². The molecule has 1 aliphatic rings. The van der Waals surface area contributed by atoms with E-state index in [1.807, 2.05) is 0 Å².